The van der Waals surface area contributed by atoms with Crippen molar-refractivity contribution in [2.24, 2.45) is 0 Å². The third-order valence-corrected chi connectivity index (χ3v) is 5.41. The first-order valence-electron chi connectivity index (χ1n) is 9.23. The summed E-state index contributed by atoms with van der Waals surface area (Å²) in [5.74, 6) is -1.00. The number of benzene rings is 2. The van der Waals surface area contributed by atoms with Crippen molar-refractivity contribution in [1.82, 2.24) is 9.97 Å². The SMILES string of the molecule is COC(=O)c1ccc(C2C3=C(Nc4nc(N)[nH]c(=O)c42)c2ccccc2C3=O)cc1. The third-order valence-electron chi connectivity index (χ3n) is 5.41. The summed E-state index contributed by atoms with van der Waals surface area (Å²) in [6.07, 6.45) is 0. The standard InChI is InChI=1S/C22H16N4O4/c1-30-21(29)11-8-6-10(7-9-11)14-15-17(12-4-2-3-5-13(12)18(15)27)24-19-16(14)20(28)26-22(23)25-19/h2-9,14H,1H3,(H4,23,24,25,26,28). The summed E-state index contributed by atoms with van der Waals surface area (Å²) in [6.45, 7) is 0. The number of nitrogens with two attached hydrogens (primary N) is 1. The first kappa shape index (κ1) is 17.9. The highest BCUT2D eigenvalue weighted by molar-refractivity contribution is 6.23. The van der Waals surface area contributed by atoms with Crippen LogP contribution in [0.4, 0.5) is 11.8 Å². The molecule has 3 aromatic rings. The normalized spacial score (nSPS) is 16.4. The van der Waals surface area contributed by atoms with Gasteiger partial charge in [-0.2, -0.15) is 4.98 Å². The zero-order valence-corrected chi connectivity index (χ0v) is 15.9. The predicted octanol–water partition coefficient (Wildman–Crippen LogP) is 2.30. The average molecular weight is 400 g/mol. The molecular weight excluding hydrogens is 384 g/mol. The zero-order valence-electron chi connectivity index (χ0n) is 15.9. The minimum atomic E-state index is -0.667. The van der Waals surface area contributed by atoms with Crippen LogP contribution in [-0.4, -0.2) is 28.8 Å². The van der Waals surface area contributed by atoms with Gasteiger partial charge in [-0.05, 0) is 17.7 Å². The van der Waals surface area contributed by atoms with Crippen molar-refractivity contribution < 1.29 is 14.3 Å². The third kappa shape index (κ3) is 2.47. The molecule has 1 aliphatic carbocycles. The Labute approximate surface area is 170 Å². The Morgan fingerprint density at radius 2 is 1.77 bits per heavy atom. The highest BCUT2D eigenvalue weighted by atomic mass is 16.5. The van der Waals surface area contributed by atoms with Crippen molar-refractivity contribution in [3.05, 3.63) is 92.3 Å². The Morgan fingerprint density at radius 1 is 1.07 bits per heavy atom. The second kappa shape index (κ2) is 6.41. The number of carbonyl (C=O) groups is 2. The van der Waals surface area contributed by atoms with Gasteiger partial charge in [0.25, 0.3) is 5.56 Å². The number of nitrogen functional groups attached to an aromatic ring is 1. The van der Waals surface area contributed by atoms with Gasteiger partial charge in [0.15, 0.2) is 5.78 Å². The Morgan fingerprint density at radius 3 is 2.47 bits per heavy atom. The molecule has 0 fully saturated rings. The van der Waals surface area contributed by atoms with Crippen molar-refractivity contribution in [3.63, 3.8) is 0 Å². The van der Waals surface area contributed by atoms with Crippen LogP contribution in [0, 0.1) is 0 Å². The summed E-state index contributed by atoms with van der Waals surface area (Å²) < 4.78 is 4.75. The molecule has 2 aliphatic rings. The van der Waals surface area contributed by atoms with Crippen LogP contribution in [0.3, 0.4) is 0 Å². The molecule has 0 amide bonds. The molecule has 0 radical (unpaired) electrons. The average Bonchev–Trinajstić information content (AvgIpc) is 3.04. The summed E-state index contributed by atoms with van der Waals surface area (Å²) >= 11 is 0. The van der Waals surface area contributed by atoms with E-state index in [4.69, 9.17) is 10.5 Å². The zero-order chi connectivity index (χ0) is 21.0. The molecule has 1 aliphatic heterocycles. The first-order valence-corrected chi connectivity index (χ1v) is 9.23. The van der Waals surface area contributed by atoms with E-state index >= 15 is 0 Å². The van der Waals surface area contributed by atoms with Gasteiger partial charge in [0.05, 0.1) is 23.9 Å². The van der Waals surface area contributed by atoms with Crippen LogP contribution in [0.5, 0.6) is 0 Å². The van der Waals surface area contributed by atoms with Crippen LogP contribution in [0.1, 0.15) is 43.3 Å². The van der Waals surface area contributed by atoms with E-state index in [1.807, 2.05) is 12.1 Å². The minimum absolute atomic E-state index is 0.0207. The van der Waals surface area contributed by atoms with Crippen LogP contribution in [0.25, 0.3) is 5.70 Å². The van der Waals surface area contributed by atoms with E-state index in [2.05, 4.69) is 15.3 Å². The topological polar surface area (TPSA) is 127 Å². The van der Waals surface area contributed by atoms with Gasteiger partial charge in [-0.15, -0.1) is 0 Å². The molecule has 4 N–H and O–H groups in total. The molecule has 1 unspecified atom stereocenters. The van der Waals surface area contributed by atoms with Crippen LogP contribution in [0.2, 0.25) is 0 Å². The summed E-state index contributed by atoms with van der Waals surface area (Å²) in [5, 5.41) is 3.14. The molecule has 1 aromatic heterocycles. The molecule has 0 saturated carbocycles. The van der Waals surface area contributed by atoms with E-state index < -0.39 is 17.4 Å². The number of esters is 1. The number of methoxy groups -OCH3 is 1. The number of nitrogens with one attached hydrogen (secondary N) is 2. The fourth-order valence-corrected chi connectivity index (χ4v) is 4.10. The van der Waals surface area contributed by atoms with Crippen molar-refractivity contribution in [2.75, 3.05) is 18.2 Å². The molecule has 2 aromatic carbocycles. The number of ketones is 1. The van der Waals surface area contributed by atoms with Gasteiger partial charge >= 0.3 is 5.97 Å². The van der Waals surface area contributed by atoms with Gasteiger partial charge in [0.1, 0.15) is 5.82 Å². The first-order chi connectivity index (χ1) is 14.5. The quantitative estimate of drug-likeness (QED) is 0.563. The van der Waals surface area contributed by atoms with Crippen molar-refractivity contribution in [1.29, 1.82) is 0 Å². The predicted molar refractivity (Wildman–Crippen MR) is 110 cm³/mol. The van der Waals surface area contributed by atoms with Gasteiger partial charge in [-0.3, -0.25) is 14.6 Å². The number of hydrogen-bond donors (Lipinski definition) is 3. The summed E-state index contributed by atoms with van der Waals surface area (Å²) in [7, 11) is 1.31. The molecule has 2 heterocycles. The molecule has 0 spiro atoms. The highest BCUT2D eigenvalue weighted by Gasteiger charge is 2.41. The van der Waals surface area contributed by atoms with Gasteiger partial charge in [0.2, 0.25) is 5.95 Å². The number of allylic oxidation sites excluding steroid dienone is 1. The maximum atomic E-state index is 13.3. The fourth-order valence-electron chi connectivity index (χ4n) is 4.10. The minimum Gasteiger partial charge on any atom is -0.465 e. The molecular formula is C22H16N4O4. The van der Waals surface area contributed by atoms with Gasteiger partial charge in [-0.25, -0.2) is 4.79 Å². The number of ether oxygens (including phenoxy) is 1. The molecule has 1 atom stereocenters. The van der Waals surface area contributed by atoms with E-state index in [0.717, 1.165) is 5.56 Å². The lowest BCUT2D eigenvalue weighted by molar-refractivity contribution is 0.0600. The lowest BCUT2D eigenvalue weighted by Crippen LogP contribution is -2.28. The van der Waals surface area contributed by atoms with Crippen molar-refractivity contribution >= 4 is 29.2 Å². The number of aromatic nitrogens is 2. The molecule has 5 rings (SSSR count). The fraction of sp³-hybridized carbons (Fsp3) is 0.0909. The molecule has 8 heteroatoms. The van der Waals surface area contributed by atoms with Crippen molar-refractivity contribution in [2.45, 2.75) is 5.92 Å². The number of carbonyl (C=O) groups excluding carboxylic acids is 2. The van der Waals surface area contributed by atoms with Gasteiger partial charge in [0, 0.05) is 22.6 Å². The summed E-state index contributed by atoms with van der Waals surface area (Å²) in [6, 6.07) is 13.9. The van der Waals surface area contributed by atoms with E-state index in [9.17, 15) is 14.4 Å². The number of hydrogen-bond acceptors (Lipinski definition) is 7. The lowest BCUT2D eigenvalue weighted by atomic mass is 9.81. The second-order valence-electron chi connectivity index (χ2n) is 7.05. The number of Topliss-reactive ketones (excluding diaryl/α,β-unsaturated/α-hetero) is 1. The Kier molecular flexibility index (Phi) is 3.82. The highest BCUT2D eigenvalue weighted by Crippen LogP contribution is 2.47. The Hall–Kier alpha value is -4.20. The van der Waals surface area contributed by atoms with E-state index in [0.29, 0.717) is 39.3 Å². The maximum Gasteiger partial charge on any atom is 0.337 e. The monoisotopic (exact) mass is 400 g/mol. The van der Waals surface area contributed by atoms with E-state index in [1.165, 1.54) is 7.11 Å². The van der Waals surface area contributed by atoms with Crippen LogP contribution in [0.15, 0.2) is 58.9 Å². The molecule has 0 bridgehead atoms. The van der Waals surface area contributed by atoms with E-state index in [1.54, 1.807) is 36.4 Å². The number of fused-ring (bicyclic) bond motifs is 3. The number of rotatable bonds is 2. The van der Waals surface area contributed by atoms with E-state index in [-0.39, 0.29) is 11.7 Å². The number of H-pyrrole nitrogens is 1. The smallest absolute Gasteiger partial charge is 0.337 e. The number of aromatic amines is 1. The Bertz CT molecular complexity index is 1320. The van der Waals surface area contributed by atoms with Crippen molar-refractivity contribution in [3.8, 4) is 0 Å². The summed E-state index contributed by atoms with van der Waals surface area (Å²) in [5.41, 5.74) is 9.06. The maximum absolute atomic E-state index is 13.3. The number of nitrogens with zero attached hydrogens (tertiary/aromatic N) is 1. The van der Waals surface area contributed by atoms with Gasteiger partial charge < -0.3 is 15.8 Å². The lowest BCUT2D eigenvalue weighted by Gasteiger charge is -2.27. The molecule has 8 nitrogen and oxygen atoms in total. The van der Waals surface area contributed by atoms with Crippen LogP contribution in [-0.2, 0) is 4.74 Å². The number of anilines is 2. The Balaban J connectivity index is 1.75. The largest absolute Gasteiger partial charge is 0.465 e. The molecule has 148 valence electrons. The molecule has 30 heavy (non-hydrogen) atoms. The van der Waals surface area contributed by atoms with Crippen LogP contribution >= 0.6 is 0 Å². The summed E-state index contributed by atoms with van der Waals surface area (Å²) in [4.78, 5) is 44.7. The molecule has 0 saturated heterocycles. The second-order valence-corrected chi connectivity index (χ2v) is 7.05. The van der Waals surface area contributed by atoms with Crippen LogP contribution < -0.4 is 16.6 Å². The van der Waals surface area contributed by atoms with Gasteiger partial charge in [-0.1, -0.05) is 36.4 Å².